The highest BCUT2D eigenvalue weighted by molar-refractivity contribution is 5.74. The molecular weight excluding hydrogens is 392 g/mol. The smallest absolute Gasteiger partial charge is 0.318 e. The number of ether oxygens (including phenoxy) is 1. The maximum absolute atomic E-state index is 12.9. The van der Waals surface area contributed by atoms with Crippen molar-refractivity contribution in [3.05, 3.63) is 62.8 Å². The Morgan fingerprint density at radius 3 is 2.42 bits per heavy atom. The summed E-state index contributed by atoms with van der Waals surface area (Å²) < 4.78 is 5.31. The van der Waals surface area contributed by atoms with Gasteiger partial charge in [0.2, 0.25) is 0 Å². The molecule has 2 aromatic rings. The molecule has 1 heterocycles. The van der Waals surface area contributed by atoms with Gasteiger partial charge in [0.1, 0.15) is 5.82 Å². The molecule has 1 aromatic heterocycles. The highest BCUT2D eigenvalue weighted by atomic mass is 16.5. The Morgan fingerprint density at radius 2 is 1.87 bits per heavy atom. The number of rotatable bonds is 8. The second-order valence-electron chi connectivity index (χ2n) is 9.49. The van der Waals surface area contributed by atoms with E-state index in [1.54, 1.807) is 12.0 Å². The molecule has 0 bridgehead atoms. The highest BCUT2D eigenvalue weighted by Crippen LogP contribution is 2.13. The topological polar surface area (TPSA) is 87.3 Å². The number of benzene rings is 1. The first-order chi connectivity index (χ1) is 14.5. The molecule has 0 aliphatic heterocycles. The van der Waals surface area contributed by atoms with Gasteiger partial charge in [0.15, 0.2) is 0 Å². The van der Waals surface area contributed by atoms with E-state index in [1.807, 2.05) is 52.0 Å². The number of nitrogens with zero attached hydrogens (tertiary/aromatic N) is 2. The van der Waals surface area contributed by atoms with Gasteiger partial charge < -0.3 is 19.9 Å². The monoisotopic (exact) mass is 428 g/mol. The van der Waals surface area contributed by atoms with Crippen LogP contribution in [0.4, 0.5) is 4.79 Å². The van der Waals surface area contributed by atoms with E-state index in [9.17, 15) is 9.59 Å². The lowest BCUT2D eigenvalue weighted by atomic mass is 10.0. The standard InChI is InChI=1S/C24H36N4O3/c1-16(2)13-28(23(30)27-24(4,5)6)14-21-25-20(15-31-7)19(22(29)26-21)12-18-10-8-17(3)9-11-18/h8-11,16H,12-15H2,1-7H3,(H,27,30)(H,25,26,29). The average Bonchev–Trinajstić information content (AvgIpc) is 2.64. The SMILES string of the molecule is COCc1nc(CN(CC(C)C)C(=O)NC(C)(C)C)[nH]c(=O)c1Cc1ccc(C)cc1. The summed E-state index contributed by atoms with van der Waals surface area (Å²) >= 11 is 0. The van der Waals surface area contributed by atoms with Crippen LogP contribution in [0.2, 0.25) is 0 Å². The molecular formula is C24H36N4O3. The van der Waals surface area contributed by atoms with Crippen molar-refractivity contribution in [3.8, 4) is 0 Å². The van der Waals surface area contributed by atoms with Gasteiger partial charge in [0, 0.05) is 31.2 Å². The number of H-pyrrole nitrogens is 1. The third kappa shape index (κ3) is 7.83. The molecule has 0 aliphatic carbocycles. The minimum atomic E-state index is -0.355. The molecule has 2 amide bonds. The van der Waals surface area contributed by atoms with Gasteiger partial charge in [0.25, 0.3) is 5.56 Å². The lowest BCUT2D eigenvalue weighted by Gasteiger charge is -2.29. The summed E-state index contributed by atoms with van der Waals surface area (Å²) in [6.45, 7) is 13.0. The van der Waals surface area contributed by atoms with Crippen molar-refractivity contribution in [2.75, 3.05) is 13.7 Å². The predicted octanol–water partition coefficient (Wildman–Crippen LogP) is 3.78. The first kappa shape index (κ1) is 24.6. The molecule has 170 valence electrons. The van der Waals surface area contributed by atoms with Crippen LogP contribution in [0.3, 0.4) is 0 Å². The molecule has 0 fully saturated rings. The van der Waals surface area contributed by atoms with E-state index in [0.29, 0.717) is 30.0 Å². The van der Waals surface area contributed by atoms with Crippen molar-refractivity contribution in [1.29, 1.82) is 0 Å². The number of methoxy groups -OCH3 is 1. The molecule has 0 spiro atoms. The fourth-order valence-corrected chi connectivity index (χ4v) is 3.26. The van der Waals surface area contributed by atoms with Crippen molar-refractivity contribution < 1.29 is 9.53 Å². The van der Waals surface area contributed by atoms with Crippen molar-refractivity contribution >= 4 is 6.03 Å². The zero-order valence-corrected chi connectivity index (χ0v) is 19.8. The minimum Gasteiger partial charge on any atom is -0.378 e. The number of carbonyl (C=O) groups excluding carboxylic acids is 1. The number of aryl methyl sites for hydroxylation is 1. The van der Waals surface area contributed by atoms with E-state index >= 15 is 0 Å². The van der Waals surface area contributed by atoms with E-state index in [4.69, 9.17) is 4.74 Å². The molecule has 0 saturated heterocycles. The summed E-state index contributed by atoms with van der Waals surface area (Å²) in [6.07, 6.45) is 0.474. The van der Waals surface area contributed by atoms with Gasteiger partial charge in [-0.3, -0.25) is 4.79 Å². The Hall–Kier alpha value is -2.67. The Kier molecular flexibility index (Phi) is 8.39. The molecule has 0 atom stereocenters. The molecule has 1 aromatic carbocycles. The lowest BCUT2D eigenvalue weighted by molar-refractivity contribution is 0.174. The van der Waals surface area contributed by atoms with Gasteiger partial charge in [-0.15, -0.1) is 0 Å². The minimum absolute atomic E-state index is 0.180. The number of aromatic amines is 1. The summed E-state index contributed by atoms with van der Waals surface area (Å²) in [7, 11) is 1.58. The van der Waals surface area contributed by atoms with Crippen molar-refractivity contribution in [2.24, 2.45) is 5.92 Å². The molecule has 0 saturated carbocycles. The van der Waals surface area contributed by atoms with Gasteiger partial charge in [-0.25, -0.2) is 9.78 Å². The summed E-state index contributed by atoms with van der Waals surface area (Å²) in [5, 5.41) is 2.99. The molecule has 2 N–H and O–H groups in total. The Balaban J connectivity index is 2.33. The van der Waals surface area contributed by atoms with Gasteiger partial charge in [-0.1, -0.05) is 43.7 Å². The van der Waals surface area contributed by atoms with Gasteiger partial charge >= 0.3 is 6.03 Å². The van der Waals surface area contributed by atoms with Crippen LogP contribution in [0.5, 0.6) is 0 Å². The van der Waals surface area contributed by atoms with Gasteiger partial charge in [0.05, 0.1) is 18.8 Å². The summed E-state index contributed by atoms with van der Waals surface area (Å²) in [6, 6.07) is 7.90. The zero-order valence-electron chi connectivity index (χ0n) is 19.8. The maximum Gasteiger partial charge on any atom is 0.318 e. The third-order valence-electron chi connectivity index (χ3n) is 4.63. The number of amides is 2. The quantitative estimate of drug-likeness (QED) is 0.670. The van der Waals surface area contributed by atoms with Crippen LogP contribution in [0.25, 0.3) is 0 Å². The molecule has 0 aliphatic rings. The van der Waals surface area contributed by atoms with Crippen LogP contribution in [0, 0.1) is 12.8 Å². The Labute approximate surface area is 185 Å². The normalized spacial score (nSPS) is 11.6. The number of nitrogens with one attached hydrogen (secondary N) is 2. The number of carbonyl (C=O) groups is 1. The van der Waals surface area contributed by atoms with Crippen molar-refractivity contribution in [1.82, 2.24) is 20.2 Å². The number of aromatic nitrogens is 2. The lowest BCUT2D eigenvalue weighted by Crippen LogP contribution is -2.49. The number of hydrogen-bond acceptors (Lipinski definition) is 4. The Bertz CT molecular complexity index is 927. The molecule has 7 nitrogen and oxygen atoms in total. The maximum atomic E-state index is 12.9. The van der Waals surface area contributed by atoms with E-state index in [1.165, 1.54) is 5.56 Å². The zero-order chi connectivity index (χ0) is 23.2. The first-order valence-corrected chi connectivity index (χ1v) is 10.7. The number of hydrogen-bond donors (Lipinski definition) is 2. The van der Waals surface area contributed by atoms with E-state index < -0.39 is 0 Å². The average molecular weight is 429 g/mol. The number of urea groups is 1. The second-order valence-corrected chi connectivity index (χ2v) is 9.49. The summed E-state index contributed by atoms with van der Waals surface area (Å²) in [5.74, 6) is 0.728. The van der Waals surface area contributed by atoms with Crippen molar-refractivity contribution in [2.45, 2.75) is 66.7 Å². The molecule has 0 unspecified atom stereocenters. The van der Waals surface area contributed by atoms with Gasteiger partial charge in [-0.2, -0.15) is 0 Å². The van der Waals surface area contributed by atoms with Crippen LogP contribution in [-0.4, -0.2) is 40.1 Å². The van der Waals surface area contributed by atoms with Crippen LogP contribution in [0.15, 0.2) is 29.1 Å². The largest absolute Gasteiger partial charge is 0.378 e. The molecule has 31 heavy (non-hydrogen) atoms. The van der Waals surface area contributed by atoms with Crippen LogP contribution in [0.1, 0.15) is 62.8 Å². The van der Waals surface area contributed by atoms with E-state index in [-0.39, 0.29) is 36.2 Å². The Morgan fingerprint density at radius 1 is 1.23 bits per heavy atom. The third-order valence-corrected chi connectivity index (χ3v) is 4.63. The fourth-order valence-electron chi connectivity index (χ4n) is 3.26. The molecule has 7 heteroatoms. The van der Waals surface area contributed by atoms with Crippen LogP contribution >= 0.6 is 0 Å². The predicted molar refractivity (Wildman–Crippen MR) is 123 cm³/mol. The molecule has 0 radical (unpaired) electrons. The van der Waals surface area contributed by atoms with Gasteiger partial charge in [-0.05, 0) is 39.2 Å². The molecule has 2 rings (SSSR count). The van der Waals surface area contributed by atoms with Crippen LogP contribution in [-0.2, 0) is 24.3 Å². The highest BCUT2D eigenvalue weighted by Gasteiger charge is 2.22. The van der Waals surface area contributed by atoms with E-state index in [2.05, 4.69) is 29.1 Å². The van der Waals surface area contributed by atoms with Crippen molar-refractivity contribution in [3.63, 3.8) is 0 Å². The summed E-state index contributed by atoms with van der Waals surface area (Å²) in [4.78, 5) is 35.0. The first-order valence-electron chi connectivity index (χ1n) is 10.7. The van der Waals surface area contributed by atoms with Crippen LogP contribution < -0.4 is 10.9 Å². The fraction of sp³-hybridized carbons (Fsp3) is 0.542. The summed E-state index contributed by atoms with van der Waals surface area (Å²) in [5.41, 5.74) is 2.84. The second kappa shape index (κ2) is 10.6. The van der Waals surface area contributed by atoms with E-state index in [0.717, 1.165) is 5.56 Å².